The highest BCUT2D eigenvalue weighted by atomic mass is 32.1. The number of carboxylic acids is 1. The second kappa shape index (κ2) is 6.10. The predicted octanol–water partition coefficient (Wildman–Crippen LogP) is 2.31. The van der Waals surface area contributed by atoms with Gasteiger partial charge in [-0.15, -0.1) is 10.2 Å². The van der Waals surface area contributed by atoms with Gasteiger partial charge in [-0.1, -0.05) is 41.7 Å². The van der Waals surface area contributed by atoms with E-state index in [1.165, 1.54) is 16.9 Å². The lowest BCUT2D eigenvalue weighted by atomic mass is 10.1. The summed E-state index contributed by atoms with van der Waals surface area (Å²) in [6, 6.07) is 10.0. The Bertz CT molecular complexity index is 593. The fourth-order valence-electron chi connectivity index (χ4n) is 1.50. The molecule has 0 saturated carbocycles. The molecule has 0 radical (unpaired) electrons. The van der Waals surface area contributed by atoms with Crippen molar-refractivity contribution < 1.29 is 15.0 Å². The normalized spacial score (nSPS) is 11.5. The molecule has 0 spiro atoms. The van der Waals surface area contributed by atoms with Crippen LogP contribution in [0.3, 0.4) is 0 Å². The Morgan fingerprint density at radius 3 is 2.58 bits per heavy atom. The van der Waals surface area contributed by atoms with E-state index < -0.39 is 11.7 Å². The first-order chi connectivity index (χ1) is 9.15. The van der Waals surface area contributed by atoms with Gasteiger partial charge in [-0.25, -0.2) is 4.79 Å². The molecule has 5 nitrogen and oxygen atoms in total. The van der Waals surface area contributed by atoms with Gasteiger partial charge in [-0.3, -0.25) is 0 Å². The van der Waals surface area contributed by atoms with Gasteiger partial charge in [0, 0.05) is 12.5 Å². The molecule has 98 valence electrons. The zero-order valence-corrected chi connectivity index (χ0v) is 10.8. The molecule has 1 aromatic heterocycles. The van der Waals surface area contributed by atoms with Crippen LogP contribution in [0.15, 0.2) is 36.1 Å². The predicted molar refractivity (Wildman–Crippen MR) is 72.0 cm³/mol. The minimum Gasteiger partial charge on any atom is -0.502 e. The van der Waals surface area contributed by atoms with E-state index in [2.05, 4.69) is 10.2 Å². The third-order valence-electron chi connectivity index (χ3n) is 2.43. The molecule has 1 aromatic carbocycles. The van der Waals surface area contributed by atoms with Crippen LogP contribution in [0.1, 0.15) is 15.6 Å². The number of carboxylic acid groups (broad SMARTS) is 1. The Balaban J connectivity index is 1.98. The number of benzene rings is 1. The van der Waals surface area contributed by atoms with Gasteiger partial charge in [0.1, 0.15) is 10.0 Å². The summed E-state index contributed by atoms with van der Waals surface area (Å²) in [5.41, 5.74) is 1.21. The van der Waals surface area contributed by atoms with Crippen molar-refractivity contribution >= 4 is 23.4 Å². The van der Waals surface area contributed by atoms with Gasteiger partial charge in [-0.2, -0.15) is 0 Å². The number of aromatic nitrogens is 2. The molecule has 2 aromatic rings. The average molecular weight is 276 g/mol. The van der Waals surface area contributed by atoms with Gasteiger partial charge >= 0.3 is 5.97 Å². The number of aliphatic hydroxyl groups is 1. The smallest absolute Gasteiger partial charge is 0.371 e. The SMILES string of the molecule is O=C(O)C(O)=Cc1nnc(CCc2ccccc2)s1. The minimum atomic E-state index is -1.37. The van der Waals surface area contributed by atoms with Crippen LogP contribution in [-0.2, 0) is 17.6 Å². The first kappa shape index (κ1) is 13.2. The standard InChI is InChI=1S/C13H12N2O3S/c16-10(13(17)18)8-12-15-14-11(19-12)7-6-9-4-2-1-3-5-9/h1-5,8,16H,6-7H2,(H,17,18). The summed E-state index contributed by atoms with van der Waals surface area (Å²) in [5, 5.41) is 26.6. The van der Waals surface area contributed by atoms with Crippen molar-refractivity contribution in [2.24, 2.45) is 0 Å². The van der Waals surface area contributed by atoms with Gasteiger partial charge in [0.2, 0.25) is 5.76 Å². The van der Waals surface area contributed by atoms with Crippen LogP contribution in [0.25, 0.3) is 6.08 Å². The summed E-state index contributed by atoms with van der Waals surface area (Å²) >= 11 is 1.28. The molecule has 0 aliphatic rings. The molecule has 6 heteroatoms. The Hall–Kier alpha value is -2.21. The Labute approximate surface area is 113 Å². The lowest BCUT2D eigenvalue weighted by Gasteiger charge is -1.96. The Morgan fingerprint density at radius 1 is 1.16 bits per heavy atom. The number of aliphatic carboxylic acids is 1. The number of hydrogen-bond donors (Lipinski definition) is 2. The number of aliphatic hydroxyl groups excluding tert-OH is 1. The molecule has 0 aliphatic carbocycles. The van der Waals surface area contributed by atoms with E-state index in [0.717, 1.165) is 23.9 Å². The molecule has 2 N–H and O–H groups in total. The van der Waals surface area contributed by atoms with Crippen LogP contribution < -0.4 is 0 Å². The molecule has 0 atom stereocenters. The van der Waals surface area contributed by atoms with Crippen LogP contribution in [0.4, 0.5) is 0 Å². The number of carbonyl (C=O) groups is 1. The van der Waals surface area contributed by atoms with E-state index in [0.29, 0.717) is 5.01 Å². The molecule has 1 heterocycles. The van der Waals surface area contributed by atoms with Crippen molar-refractivity contribution in [2.75, 3.05) is 0 Å². The van der Waals surface area contributed by atoms with Crippen LogP contribution >= 0.6 is 11.3 Å². The fraction of sp³-hybridized carbons (Fsp3) is 0.154. The maximum atomic E-state index is 10.5. The van der Waals surface area contributed by atoms with Crippen molar-refractivity contribution in [1.82, 2.24) is 10.2 Å². The highest BCUT2D eigenvalue weighted by Gasteiger charge is 2.07. The highest BCUT2D eigenvalue weighted by molar-refractivity contribution is 7.12. The topological polar surface area (TPSA) is 83.3 Å². The molecule has 0 aliphatic heterocycles. The summed E-state index contributed by atoms with van der Waals surface area (Å²) in [6.45, 7) is 0. The highest BCUT2D eigenvalue weighted by Crippen LogP contribution is 2.15. The molecule has 19 heavy (non-hydrogen) atoms. The van der Waals surface area contributed by atoms with Gasteiger partial charge in [0.15, 0.2) is 0 Å². The number of nitrogens with zero attached hydrogens (tertiary/aromatic N) is 2. The van der Waals surface area contributed by atoms with Gasteiger partial charge < -0.3 is 10.2 Å². The molecule has 0 unspecified atom stereocenters. The summed E-state index contributed by atoms with van der Waals surface area (Å²) < 4.78 is 0. The van der Waals surface area contributed by atoms with E-state index in [1.807, 2.05) is 30.3 Å². The lowest BCUT2D eigenvalue weighted by Crippen LogP contribution is -1.98. The van der Waals surface area contributed by atoms with Crippen molar-refractivity contribution in [3.63, 3.8) is 0 Å². The zero-order chi connectivity index (χ0) is 13.7. The second-order valence-corrected chi connectivity index (χ2v) is 4.95. The van der Waals surface area contributed by atoms with Crippen molar-refractivity contribution in [3.05, 3.63) is 51.7 Å². The first-order valence-electron chi connectivity index (χ1n) is 5.65. The zero-order valence-electron chi connectivity index (χ0n) is 9.98. The quantitative estimate of drug-likeness (QED) is 0.646. The van der Waals surface area contributed by atoms with Crippen LogP contribution in [-0.4, -0.2) is 26.4 Å². The second-order valence-electron chi connectivity index (χ2n) is 3.85. The van der Waals surface area contributed by atoms with Gasteiger partial charge in [0.05, 0.1) is 0 Å². The summed E-state index contributed by atoms with van der Waals surface area (Å²) in [4.78, 5) is 10.5. The van der Waals surface area contributed by atoms with E-state index in [-0.39, 0.29) is 0 Å². The maximum Gasteiger partial charge on any atom is 0.371 e. The minimum absolute atomic E-state index is 0.392. The van der Waals surface area contributed by atoms with Gasteiger partial charge in [-0.05, 0) is 12.0 Å². The van der Waals surface area contributed by atoms with E-state index in [4.69, 9.17) is 10.2 Å². The monoisotopic (exact) mass is 276 g/mol. The molecular weight excluding hydrogens is 264 g/mol. The van der Waals surface area contributed by atoms with E-state index in [1.54, 1.807) is 0 Å². The summed E-state index contributed by atoms with van der Waals surface area (Å²) in [5.74, 6) is -2.10. The summed E-state index contributed by atoms with van der Waals surface area (Å²) in [6.07, 6.45) is 2.69. The molecule has 2 rings (SSSR count). The number of hydrogen-bond acceptors (Lipinski definition) is 5. The fourth-order valence-corrected chi connectivity index (χ4v) is 2.28. The van der Waals surface area contributed by atoms with Crippen molar-refractivity contribution in [1.29, 1.82) is 0 Å². The average Bonchev–Trinajstić information content (AvgIpc) is 2.85. The van der Waals surface area contributed by atoms with Crippen molar-refractivity contribution in [2.45, 2.75) is 12.8 Å². The number of rotatable bonds is 5. The third kappa shape index (κ3) is 3.89. The largest absolute Gasteiger partial charge is 0.502 e. The molecular formula is C13H12N2O3S. The van der Waals surface area contributed by atoms with Crippen molar-refractivity contribution in [3.8, 4) is 0 Å². The van der Waals surface area contributed by atoms with E-state index in [9.17, 15) is 4.79 Å². The third-order valence-corrected chi connectivity index (χ3v) is 3.36. The number of aryl methyl sites for hydroxylation is 2. The summed E-state index contributed by atoms with van der Waals surface area (Å²) in [7, 11) is 0. The van der Waals surface area contributed by atoms with Crippen LogP contribution in [0.5, 0.6) is 0 Å². The Kier molecular flexibility index (Phi) is 4.25. The first-order valence-corrected chi connectivity index (χ1v) is 6.47. The molecule has 0 fully saturated rings. The van der Waals surface area contributed by atoms with E-state index >= 15 is 0 Å². The molecule has 0 saturated heterocycles. The van der Waals surface area contributed by atoms with Gasteiger partial charge in [0.25, 0.3) is 0 Å². The molecule has 0 bridgehead atoms. The van der Waals surface area contributed by atoms with Crippen LogP contribution in [0.2, 0.25) is 0 Å². The lowest BCUT2D eigenvalue weighted by molar-refractivity contribution is -0.135. The maximum absolute atomic E-state index is 10.5. The Morgan fingerprint density at radius 2 is 1.89 bits per heavy atom. The molecule has 0 amide bonds. The van der Waals surface area contributed by atoms with Crippen LogP contribution in [0, 0.1) is 0 Å².